The molecule has 0 atom stereocenters. The molecule has 0 saturated heterocycles. The number of amides is 1. The van der Waals surface area contributed by atoms with E-state index in [2.05, 4.69) is 5.32 Å². The summed E-state index contributed by atoms with van der Waals surface area (Å²) < 4.78 is 0. The van der Waals surface area contributed by atoms with Gasteiger partial charge < -0.3 is 10.4 Å². The lowest BCUT2D eigenvalue weighted by Gasteiger charge is -2.27. The van der Waals surface area contributed by atoms with Crippen LogP contribution >= 0.6 is 0 Å². The molecule has 1 fully saturated rings. The van der Waals surface area contributed by atoms with Gasteiger partial charge in [-0.05, 0) is 45.4 Å². The number of rotatable bonds is 3. The van der Waals surface area contributed by atoms with Gasteiger partial charge in [-0.1, -0.05) is 0 Å². The first-order valence-electron chi connectivity index (χ1n) is 5.54. The van der Waals surface area contributed by atoms with Crippen molar-refractivity contribution >= 4 is 5.91 Å². The maximum atomic E-state index is 11.6. The number of hydrogen-bond donors (Lipinski definition) is 2. The van der Waals surface area contributed by atoms with Crippen LogP contribution in [0.5, 0.6) is 0 Å². The molecule has 1 aliphatic rings. The first-order chi connectivity index (χ1) is 6.63. The van der Waals surface area contributed by atoms with Crippen molar-refractivity contribution in [2.75, 3.05) is 6.61 Å². The molecule has 0 unspecified atom stereocenters. The molecule has 3 heteroatoms. The van der Waals surface area contributed by atoms with E-state index in [4.69, 9.17) is 5.11 Å². The fraction of sp³-hybridized carbons (Fsp3) is 0.909. The molecular weight excluding hydrogens is 178 g/mol. The van der Waals surface area contributed by atoms with Gasteiger partial charge >= 0.3 is 0 Å². The Morgan fingerprint density at radius 3 is 2.36 bits per heavy atom. The van der Waals surface area contributed by atoms with E-state index in [1.807, 2.05) is 13.8 Å². The predicted molar refractivity (Wildman–Crippen MR) is 55.8 cm³/mol. The molecule has 0 bridgehead atoms. The lowest BCUT2D eigenvalue weighted by atomic mass is 9.82. The molecule has 3 nitrogen and oxygen atoms in total. The first kappa shape index (κ1) is 11.5. The largest absolute Gasteiger partial charge is 0.396 e. The van der Waals surface area contributed by atoms with E-state index >= 15 is 0 Å². The minimum absolute atomic E-state index is 0.181. The Hall–Kier alpha value is -0.570. The van der Waals surface area contributed by atoms with Crippen molar-refractivity contribution in [1.29, 1.82) is 0 Å². The average Bonchev–Trinajstić information content (AvgIpc) is 2.17. The van der Waals surface area contributed by atoms with Crippen LogP contribution in [-0.2, 0) is 4.79 Å². The van der Waals surface area contributed by atoms with Gasteiger partial charge in [0.1, 0.15) is 0 Å². The zero-order chi connectivity index (χ0) is 10.6. The second kappa shape index (κ2) is 5.35. The third kappa shape index (κ3) is 3.29. The van der Waals surface area contributed by atoms with Gasteiger partial charge in [0.05, 0.1) is 0 Å². The van der Waals surface area contributed by atoms with Crippen LogP contribution in [-0.4, -0.2) is 23.7 Å². The molecule has 0 aliphatic heterocycles. The number of carbonyl (C=O) groups is 1. The molecule has 0 aromatic rings. The van der Waals surface area contributed by atoms with Crippen molar-refractivity contribution in [3.8, 4) is 0 Å². The standard InChI is InChI=1S/C11H21NO2/c1-8(2)12-11(14)10-5-3-9(7-13)4-6-10/h8-10,13H,3-7H2,1-2H3,(H,12,14). The fourth-order valence-corrected chi connectivity index (χ4v) is 2.01. The molecule has 0 aromatic heterocycles. The van der Waals surface area contributed by atoms with Gasteiger partial charge in [-0.3, -0.25) is 4.79 Å². The van der Waals surface area contributed by atoms with Gasteiger partial charge in [-0.2, -0.15) is 0 Å². The normalized spacial score (nSPS) is 27.7. The van der Waals surface area contributed by atoms with Crippen LogP contribution in [0.1, 0.15) is 39.5 Å². The minimum Gasteiger partial charge on any atom is -0.396 e. The highest BCUT2D eigenvalue weighted by Gasteiger charge is 2.25. The minimum atomic E-state index is 0.181. The number of aliphatic hydroxyl groups excluding tert-OH is 1. The molecule has 82 valence electrons. The number of aliphatic hydroxyl groups is 1. The summed E-state index contributed by atoms with van der Waals surface area (Å²) in [6.07, 6.45) is 3.85. The topological polar surface area (TPSA) is 49.3 Å². The van der Waals surface area contributed by atoms with Gasteiger partial charge in [-0.25, -0.2) is 0 Å². The maximum Gasteiger partial charge on any atom is 0.223 e. The van der Waals surface area contributed by atoms with Gasteiger partial charge in [0, 0.05) is 18.6 Å². The molecule has 0 radical (unpaired) electrons. The summed E-state index contributed by atoms with van der Waals surface area (Å²) in [5.41, 5.74) is 0. The molecule has 0 aromatic carbocycles. The van der Waals surface area contributed by atoms with Crippen molar-refractivity contribution in [2.45, 2.75) is 45.6 Å². The number of hydrogen-bond acceptors (Lipinski definition) is 2. The van der Waals surface area contributed by atoms with Gasteiger partial charge in [-0.15, -0.1) is 0 Å². The Morgan fingerprint density at radius 1 is 1.36 bits per heavy atom. The van der Waals surface area contributed by atoms with E-state index in [9.17, 15) is 4.79 Å². The Kier molecular flexibility index (Phi) is 4.39. The number of carbonyl (C=O) groups excluding carboxylic acids is 1. The Balaban J connectivity index is 2.30. The van der Waals surface area contributed by atoms with Crippen LogP contribution in [0.3, 0.4) is 0 Å². The highest BCUT2D eigenvalue weighted by molar-refractivity contribution is 5.78. The highest BCUT2D eigenvalue weighted by atomic mass is 16.3. The zero-order valence-electron chi connectivity index (χ0n) is 9.12. The molecule has 14 heavy (non-hydrogen) atoms. The Morgan fingerprint density at radius 2 is 1.93 bits per heavy atom. The van der Waals surface area contributed by atoms with Crippen LogP contribution in [0.4, 0.5) is 0 Å². The van der Waals surface area contributed by atoms with Gasteiger partial charge in [0.15, 0.2) is 0 Å². The van der Waals surface area contributed by atoms with E-state index in [1.54, 1.807) is 0 Å². The molecule has 1 amide bonds. The molecule has 1 rings (SSSR count). The SMILES string of the molecule is CC(C)NC(=O)C1CCC(CO)CC1. The van der Waals surface area contributed by atoms with E-state index < -0.39 is 0 Å². The maximum absolute atomic E-state index is 11.6. The van der Waals surface area contributed by atoms with E-state index in [0.29, 0.717) is 5.92 Å². The van der Waals surface area contributed by atoms with Crippen molar-refractivity contribution in [1.82, 2.24) is 5.32 Å². The average molecular weight is 199 g/mol. The van der Waals surface area contributed by atoms with E-state index in [0.717, 1.165) is 25.7 Å². The van der Waals surface area contributed by atoms with Gasteiger partial charge in [0.25, 0.3) is 0 Å². The van der Waals surface area contributed by atoms with Crippen LogP contribution in [0.2, 0.25) is 0 Å². The summed E-state index contributed by atoms with van der Waals surface area (Å²) in [6.45, 7) is 4.24. The zero-order valence-corrected chi connectivity index (χ0v) is 9.12. The second-order valence-corrected chi connectivity index (χ2v) is 4.56. The Labute approximate surface area is 85.9 Å². The number of nitrogens with one attached hydrogen (secondary N) is 1. The van der Waals surface area contributed by atoms with E-state index in [-0.39, 0.29) is 24.5 Å². The smallest absolute Gasteiger partial charge is 0.223 e. The van der Waals surface area contributed by atoms with Crippen molar-refractivity contribution in [2.24, 2.45) is 11.8 Å². The summed E-state index contributed by atoms with van der Waals surface area (Å²) in [5, 5.41) is 11.9. The molecule has 0 spiro atoms. The lowest BCUT2D eigenvalue weighted by molar-refractivity contribution is -0.126. The fourth-order valence-electron chi connectivity index (χ4n) is 2.01. The predicted octanol–water partition coefficient (Wildman–Crippen LogP) is 1.31. The second-order valence-electron chi connectivity index (χ2n) is 4.56. The molecule has 1 aliphatic carbocycles. The third-order valence-electron chi connectivity index (χ3n) is 2.91. The molecule has 1 saturated carbocycles. The summed E-state index contributed by atoms with van der Waals surface area (Å²) in [6, 6.07) is 0.234. The van der Waals surface area contributed by atoms with Crippen LogP contribution in [0.25, 0.3) is 0 Å². The first-order valence-corrected chi connectivity index (χ1v) is 5.54. The molecule has 0 heterocycles. The van der Waals surface area contributed by atoms with E-state index in [1.165, 1.54) is 0 Å². The molecular formula is C11H21NO2. The van der Waals surface area contributed by atoms with Crippen LogP contribution in [0.15, 0.2) is 0 Å². The molecule has 2 N–H and O–H groups in total. The van der Waals surface area contributed by atoms with Crippen LogP contribution < -0.4 is 5.32 Å². The summed E-state index contributed by atoms with van der Waals surface area (Å²) in [4.78, 5) is 11.6. The third-order valence-corrected chi connectivity index (χ3v) is 2.91. The summed E-state index contributed by atoms with van der Waals surface area (Å²) in [5.74, 6) is 0.801. The Bertz CT molecular complexity index is 184. The van der Waals surface area contributed by atoms with Crippen molar-refractivity contribution < 1.29 is 9.90 Å². The summed E-state index contributed by atoms with van der Waals surface area (Å²) in [7, 11) is 0. The van der Waals surface area contributed by atoms with Crippen molar-refractivity contribution in [3.63, 3.8) is 0 Å². The quantitative estimate of drug-likeness (QED) is 0.720. The highest BCUT2D eigenvalue weighted by Crippen LogP contribution is 2.28. The summed E-state index contributed by atoms with van der Waals surface area (Å²) >= 11 is 0. The monoisotopic (exact) mass is 199 g/mol. The van der Waals surface area contributed by atoms with Crippen LogP contribution in [0, 0.1) is 11.8 Å². The van der Waals surface area contributed by atoms with Crippen molar-refractivity contribution in [3.05, 3.63) is 0 Å². The lowest BCUT2D eigenvalue weighted by Crippen LogP contribution is -2.37. The van der Waals surface area contributed by atoms with Gasteiger partial charge in [0.2, 0.25) is 5.91 Å².